The Morgan fingerprint density at radius 2 is 2.12 bits per heavy atom. The number of carboxylic acids is 1. The van der Waals surface area contributed by atoms with Gasteiger partial charge in [0.2, 0.25) is 0 Å². The number of allylic oxidation sites excluding steroid dienone is 1. The van der Waals surface area contributed by atoms with Gasteiger partial charge in [-0.05, 0) is 37.7 Å². The lowest BCUT2D eigenvalue weighted by molar-refractivity contribution is -0.137. The summed E-state index contributed by atoms with van der Waals surface area (Å²) in [7, 11) is 0. The summed E-state index contributed by atoms with van der Waals surface area (Å²) in [6, 6.07) is 0. The third kappa shape index (κ3) is 6.01. The Labute approximate surface area is 155 Å². The quantitative estimate of drug-likeness (QED) is 0.255. The maximum atomic E-state index is 10.4. The van der Waals surface area contributed by atoms with Crippen molar-refractivity contribution in [3.05, 3.63) is 11.3 Å². The van der Waals surface area contributed by atoms with Crippen LogP contribution >= 0.6 is 0 Å². The fourth-order valence-corrected chi connectivity index (χ4v) is 3.52. The fourth-order valence-electron chi connectivity index (χ4n) is 3.52. The van der Waals surface area contributed by atoms with Crippen molar-refractivity contribution in [1.29, 1.82) is 0 Å². The number of hydrogen-bond acceptors (Lipinski definition) is 5. The lowest BCUT2D eigenvalue weighted by Gasteiger charge is -2.30. The Kier molecular flexibility index (Phi) is 8.43. The molecule has 6 heteroatoms. The summed E-state index contributed by atoms with van der Waals surface area (Å²) in [5, 5.41) is 28.9. The van der Waals surface area contributed by atoms with Gasteiger partial charge in [-0.25, -0.2) is 0 Å². The molecular weight excluding hydrogens is 334 g/mol. The molecule has 4 N–H and O–H groups in total. The van der Waals surface area contributed by atoms with E-state index >= 15 is 0 Å². The first-order valence-electron chi connectivity index (χ1n) is 9.71. The number of aliphatic hydroxyl groups excluding tert-OH is 2. The second-order valence-electron chi connectivity index (χ2n) is 7.22. The van der Waals surface area contributed by atoms with Crippen molar-refractivity contribution in [1.82, 2.24) is 5.48 Å². The number of carbonyl (C=O) groups is 1. The SMILES string of the molecule is CCCCCCC(O)C#CC1CC2=C(NOCCCC(=O)O)CC2C1O. The van der Waals surface area contributed by atoms with Crippen molar-refractivity contribution in [2.45, 2.75) is 76.9 Å². The molecule has 1 fully saturated rings. The molecule has 0 radical (unpaired) electrons. The van der Waals surface area contributed by atoms with E-state index in [4.69, 9.17) is 9.94 Å². The van der Waals surface area contributed by atoms with Crippen LogP contribution < -0.4 is 5.48 Å². The molecule has 4 atom stereocenters. The van der Waals surface area contributed by atoms with Gasteiger partial charge in [0.05, 0.1) is 18.6 Å². The lowest BCUT2D eigenvalue weighted by Crippen LogP contribution is -2.32. The number of hydroxylamine groups is 1. The third-order valence-electron chi connectivity index (χ3n) is 5.12. The fraction of sp³-hybridized carbons (Fsp3) is 0.750. The van der Waals surface area contributed by atoms with Crippen molar-refractivity contribution in [2.75, 3.05) is 6.61 Å². The number of aliphatic carboxylic acids is 1. The van der Waals surface area contributed by atoms with Gasteiger partial charge in [-0.2, -0.15) is 0 Å². The molecule has 4 unspecified atom stereocenters. The standard InChI is InChI=1S/C20H31NO5/c1-2-3-4-5-7-15(22)10-9-14-12-16-17(20(14)25)13-18(16)21-26-11-6-8-19(23)24/h14-15,17,20-22,25H,2-8,11-13H2,1H3,(H,23,24). The van der Waals surface area contributed by atoms with Crippen LogP contribution in [0.2, 0.25) is 0 Å². The highest BCUT2D eigenvalue weighted by Crippen LogP contribution is 2.48. The van der Waals surface area contributed by atoms with Crippen LogP contribution in [0, 0.1) is 23.7 Å². The molecule has 0 saturated heterocycles. The second-order valence-corrected chi connectivity index (χ2v) is 7.22. The van der Waals surface area contributed by atoms with Crippen LogP contribution in [0.25, 0.3) is 0 Å². The molecule has 0 bridgehead atoms. The smallest absolute Gasteiger partial charge is 0.303 e. The highest BCUT2D eigenvalue weighted by atomic mass is 16.6. The Balaban J connectivity index is 1.73. The molecule has 2 aliphatic rings. The summed E-state index contributed by atoms with van der Waals surface area (Å²) in [5.41, 5.74) is 5.01. The minimum atomic E-state index is -0.827. The summed E-state index contributed by atoms with van der Waals surface area (Å²) >= 11 is 0. The van der Waals surface area contributed by atoms with Crippen molar-refractivity contribution in [3.8, 4) is 11.8 Å². The Bertz CT molecular complexity index is 562. The topological polar surface area (TPSA) is 99.0 Å². The molecule has 0 aromatic carbocycles. The van der Waals surface area contributed by atoms with E-state index in [9.17, 15) is 15.0 Å². The Morgan fingerprint density at radius 1 is 1.31 bits per heavy atom. The van der Waals surface area contributed by atoms with Gasteiger partial charge in [-0.15, -0.1) is 0 Å². The van der Waals surface area contributed by atoms with Gasteiger partial charge >= 0.3 is 5.97 Å². The number of rotatable bonds is 11. The highest BCUT2D eigenvalue weighted by Gasteiger charge is 2.45. The molecule has 0 aromatic heterocycles. The largest absolute Gasteiger partial charge is 0.481 e. The van der Waals surface area contributed by atoms with E-state index in [-0.39, 0.29) is 18.3 Å². The number of hydrogen-bond donors (Lipinski definition) is 4. The average molecular weight is 365 g/mol. The molecule has 1 saturated carbocycles. The molecule has 0 aliphatic heterocycles. The number of nitrogens with one attached hydrogen (secondary N) is 1. The zero-order chi connectivity index (χ0) is 18.9. The van der Waals surface area contributed by atoms with Crippen molar-refractivity contribution in [3.63, 3.8) is 0 Å². The van der Waals surface area contributed by atoms with Gasteiger partial charge < -0.3 is 15.3 Å². The summed E-state index contributed by atoms with van der Waals surface area (Å²) in [6.45, 7) is 2.49. The van der Waals surface area contributed by atoms with E-state index < -0.39 is 18.2 Å². The number of unbranched alkanes of at least 4 members (excludes halogenated alkanes) is 3. The van der Waals surface area contributed by atoms with Gasteiger partial charge in [-0.3, -0.25) is 15.1 Å². The van der Waals surface area contributed by atoms with Gasteiger partial charge in [0.15, 0.2) is 0 Å². The molecule has 6 nitrogen and oxygen atoms in total. The molecule has 2 aliphatic carbocycles. The van der Waals surface area contributed by atoms with Crippen LogP contribution in [0.15, 0.2) is 11.3 Å². The van der Waals surface area contributed by atoms with Crippen molar-refractivity contribution >= 4 is 5.97 Å². The van der Waals surface area contributed by atoms with Crippen LogP contribution in [0.5, 0.6) is 0 Å². The van der Waals surface area contributed by atoms with Crippen LogP contribution in [0.3, 0.4) is 0 Å². The predicted molar refractivity (Wildman–Crippen MR) is 97.7 cm³/mol. The molecule has 2 rings (SSSR count). The van der Waals surface area contributed by atoms with E-state index in [1.165, 1.54) is 12.8 Å². The number of fused-ring (bicyclic) bond motifs is 1. The first-order valence-corrected chi connectivity index (χ1v) is 9.71. The molecule has 26 heavy (non-hydrogen) atoms. The van der Waals surface area contributed by atoms with Crippen LogP contribution in [-0.4, -0.2) is 40.1 Å². The lowest BCUT2D eigenvalue weighted by atomic mass is 9.83. The summed E-state index contributed by atoms with van der Waals surface area (Å²) in [4.78, 5) is 15.7. The predicted octanol–water partition coefficient (Wildman–Crippen LogP) is 2.36. The highest BCUT2D eigenvalue weighted by molar-refractivity contribution is 5.66. The van der Waals surface area contributed by atoms with E-state index in [2.05, 4.69) is 24.2 Å². The maximum absolute atomic E-state index is 10.4. The number of carboxylic acid groups (broad SMARTS) is 1. The number of aliphatic hydroxyl groups is 2. The Morgan fingerprint density at radius 3 is 2.85 bits per heavy atom. The summed E-state index contributed by atoms with van der Waals surface area (Å²) in [5.74, 6) is 5.13. The van der Waals surface area contributed by atoms with Gasteiger partial charge in [0, 0.05) is 18.0 Å². The van der Waals surface area contributed by atoms with E-state index in [0.717, 1.165) is 30.5 Å². The zero-order valence-corrected chi connectivity index (χ0v) is 15.5. The van der Waals surface area contributed by atoms with Gasteiger partial charge in [0.1, 0.15) is 6.10 Å². The Hall–Kier alpha value is -1.55. The summed E-state index contributed by atoms with van der Waals surface area (Å²) in [6.07, 6.45) is 6.04. The first kappa shape index (κ1) is 20.8. The van der Waals surface area contributed by atoms with E-state index in [0.29, 0.717) is 25.9 Å². The molecule has 146 valence electrons. The van der Waals surface area contributed by atoms with Crippen LogP contribution in [0.4, 0.5) is 0 Å². The maximum Gasteiger partial charge on any atom is 0.303 e. The van der Waals surface area contributed by atoms with Crippen molar-refractivity contribution < 1.29 is 25.0 Å². The molecule has 0 heterocycles. The average Bonchev–Trinajstić information content (AvgIpc) is 2.83. The molecule has 0 spiro atoms. The van der Waals surface area contributed by atoms with Crippen molar-refractivity contribution in [2.24, 2.45) is 11.8 Å². The summed E-state index contributed by atoms with van der Waals surface area (Å²) < 4.78 is 0. The van der Waals surface area contributed by atoms with Gasteiger partial charge in [0.25, 0.3) is 0 Å². The molecule has 0 aromatic rings. The molecular formula is C20H31NO5. The van der Waals surface area contributed by atoms with Crippen LogP contribution in [-0.2, 0) is 9.63 Å². The third-order valence-corrected chi connectivity index (χ3v) is 5.12. The van der Waals surface area contributed by atoms with Crippen LogP contribution in [0.1, 0.15) is 64.7 Å². The normalized spacial score (nSPS) is 25.1. The monoisotopic (exact) mass is 365 g/mol. The minimum Gasteiger partial charge on any atom is -0.481 e. The van der Waals surface area contributed by atoms with E-state index in [1.54, 1.807) is 0 Å². The minimum absolute atomic E-state index is 0.0906. The molecule has 0 amide bonds. The van der Waals surface area contributed by atoms with Gasteiger partial charge in [-0.1, -0.05) is 38.0 Å². The van der Waals surface area contributed by atoms with E-state index in [1.807, 2.05) is 0 Å². The second kappa shape index (κ2) is 10.6. The first-order chi connectivity index (χ1) is 12.5. The zero-order valence-electron chi connectivity index (χ0n) is 15.5.